The Bertz CT molecular complexity index is 608. The van der Waals surface area contributed by atoms with E-state index in [4.69, 9.17) is 11.6 Å². The van der Waals surface area contributed by atoms with Gasteiger partial charge < -0.3 is 10.2 Å². The Balaban J connectivity index is 1.68. The van der Waals surface area contributed by atoms with E-state index in [-0.39, 0.29) is 11.8 Å². The zero-order valence-electron chi connectivity index (χ0n) is 11.1. The van der Waals surface area contributed by atoms with Crippen LogP contribution in [-0.4, -0.2) is 46.4 Å². The molecule has 0 atom stereocenters. The van der Waals surface area contributed by atoms with Crippen molar-refractivity contribution in [1.82, 2.24) is 20.5 Å². The Labute approximate surface area is 125 Å². The van der Waals surface area contributed by atoms with Crippen LogP contribution < -0.4 is 10.6 Å². The molecule has 8 heteroatoms. The molecule has 2 aliphatic heterocycles. The topological polar surface area (TPSA) is 91.4 Å². The molecule has 0 saturated carbocycles. The molecule has 4 amide bonds. The van der Waals surface area contributed by atoms with E-state index in [0.717, 1.165) is 0 Å². The number of hydrogen-bond donors (Lipinski definition) is 2. The predicted octanol–water partition coefficient (Wildman–Crippen LogP) is 0.549. The Morgan fingerprint density at radius 3 is 2.52 bits per heavy atom. The summed E-state index contributed by atoms with van der Waals surface area (Å²) in [5.74, 6) is -0.518. The molecule has 3 rings (SSSR count). The number of amides is 4. The zero-order chi connectivity index (χ0) is 15.0. The lowest BCUT2D eigenvalue weighted by atomic mass is 9.87. The molecule has 1 spiro atoms. The van der Waals surface area contributed by atoms with E-state index < -0.39 is 11.6 Å². The monoisotopic (exact) mass is 308 g/mol. The number of nitrogens with one attached hydrogen (secondary N) is 2. The van der Waals surface area contributed by atoms with Gasteiger partial charge in [-0.2, -0.15) is 0 Å². The van der Waals surface area contributed by atoms with E-state index in [0.29, 0.717) is 36.6 Å². The third-order valence-electron chi connectivity index (χ3n) is 3.87. The van der Waals surface area contributed by atoms with Crippen molar-refractivity contribution in [2.75, 3.05) is 13.1 Å². The molecular formula is C13H13ClN4O3. The molecular weight excluding hydrogens is 296 g/mol. The lowest BCUT2D eigenvalue weighted by Gasteiger charge is -2.36. The molecule has 2 saturated heterocycles. The van der Waals surface area contributed by atoms with Crippen LogP contribution in [0.25, 0.3) is 0 Å². The summed E-state index contributed by atoms with van der Waals surface area (Å²) in [7, 11) is 0. The first-order chi connectivity index (χ1) is 10.00. The number of aromatic nitrogens is 1. The van der Waals surface area contributed by atoms with Gasteiger partial charge in [-0.05, 0) is 25.0 Å². The molecule has 2 N–H and O–H groups in total. The Morgan fingerprint density at radius 2 is 2.00 bits per heavy atom. The second-order valence-electron chi connectivity index (χ2n) is 5.14. The summed E-state index contributed by atoms with van der Waals surface area (Å²) in [6.07, 6.45) is 2.21. The van der Waals surface area contributed by atoms with E-state index in [1.54, 1.807) is 17.0 Å². The van der Waals surface area contributed by atoms with Crippen LogP contribution in [0.15, 0.2) is 18.3 Å². The van der Waals surface area contributed by atoms with E-state index in [1.165, 1.54) is 6.20 Å². The van der Waals surface area contributed by atoms with Gasteiger partial charge in [0, 0.05) is 19.3 Å². The number of carbonyl (C=O) groups excluding carboxylic acids is 3. The van der Waals surface area contributed by atoms with Gasteiger partial charge in [-0.25, -0.2) is 9.78 Å². The minimum absolute atomic E-state index is 0.203. The molecule has 0 aromatic carbocycles. The van der Waals surface area contributed by atoms with Crippen molar-refractivity contribution in [3.63, 3.8) is 0 Å². The molecule has 2 fully saturated rings. The number of nitrogens with zero attached hydrogens (tertiary/aromatic N) is 2. The van der Waals surface area contributed by atoms with Crippen molar-refractivity contribution in [1.29, 1.82) is 0 Å². The second-order valence-corrected chi connectivity index (χ2v) is 5.58. The smallest absolute Gasteiger partial charge is 0.322 e. The van der Waals surface area contributed by atoms with E-state index >= 15 is 0 Å². The predicted molar refractivity (Wildman–Crippen MR) is 73.8 cm³/mol. The Morgan fingerprint density at radius 1 is 1.29 bits per heavy atom. The van der Waals surface area contributed by atoms with Crippen LogP contribution in [0.3, 0.4) is 0 Å². The van der Waals surface area contributed by atoms with E-state index in [1.807, 2.05) is 0 Å². The molecule has 7 nitrogen and oxygen atoms in total. The molecule has 1 aromatic rings. The van der Waals surface area contributed by atoms with Gasteiger partial charge in [-0.3, -0.25) is 14.9 Å². The highest BCUT2D eigenvalue weighted by molar-refractivity contribution is 6.30. The number of rotatable bonds is 1. The molecule has 3 heterocycles. The Hall–Kier alpha value is -2.15. The average molecular weight is 309 g/mol. The van der Waals surface area contributed by atoms with Crippen molar-refractivity contribution in [3.8, 4) is 0 Å². The van der Waals surface area contributed by atoms with Crippen molar-refractivity contribution < 1.29 is 14.4 Å². The van der Waals surface area contributed by atoms with Crippen LogP contribution in [0.2, 0.25) is 5.02 Å². The molecule has 0 unspecified atom stereocenters. The molecule has 1 aromatic heterocycles. The Kier molecular flexibility index (Phi) is 3.29. The maximum Gasteiger partial charge on any atom is 0.322 e. The second kappa shape index (κ2) is 5.00. The first-order valence-corrected chi connectivity index (χ1v) is 6.92. The summed E-state index contributed by atoms with van der Waals surface area (Å²) >= 11 is 5.74. The molecule has 0 bridgehead atoms. The first kappa shape index (κ1) is 13.8. The largest absolute Gasteiger partial charge is 0.337 e. The number of urea groups is 1. The summed E-state index contributed by atoms with van der Waals surface area (Å²) in [5, 5.41) is 5.36. The van der Waals surface area contributed by atoms with Gasteiger partial charge in [0.25, 0.3) is 11.8 Å². The van der Waals surface area contributed by atoms with Crippen molar-refractivity contribution in [2.45, 2.75) is 18.4 Å². The SMILES string of the molecule is O=C1NC(=O)C2(CCN(C(=O)c3ccc(Cl)cn3)CC2)N1. The number of pyridine rings is 1. The molecule has 0 aliphatic carbocycles. The van der Waals surface area contributed by atoms with Crippen molar-refractivity contribution in [3.05, 3.63) is 29.0 Å². The molecule has 0 radical (unpaired) electrons. The zero-order valence-corrected chi connectivity index (χ0v) is 11.8. The molecule has 21 heavy (non-hydrogen) atoms. The molecule has 110 valence electrons. The van der Waals surface area contributed by atoms with E-state index in [9.17, 15) is 14.4 Å². The van der Waals surface area contributed by atoms with Crippen LogP contribution in [0.4, 0.5) is 4.79 Å². The number of halogens is 1. The maximum absolute atomic E-state index is 12.3. The highest BCUT2D eigenvalue weighted by Gasteiger charge is 2.48. The standard InChI is InChI=1S/C13H13ClN4O3/c14-8-1-2-9(15-7-8)10(19)18-5-3-13(4-6-18)11(20)16-12(21)17-13/h1-2,7H,3-6H2,(H2,16,17,20,21). The number of piperidine rings is 1. The highest BCUT2D eigenvalue weighted by Crippen LogP contribution is 2.26. The van der Waals surface area contributed by atoms with Gasteiger partial charge in [-0.1, -0.05) is 11.6 Å². The van der Waals surface area contributed by atoms with Crippen molar-refractivity contribution in [2.24, 2.45) is 0 Å². The van der Waals surface area contributed by atoms with Crippen LogP contribution in [-0.2, 0) is 4.79 Å². The number of imide groups is 1. The lowest BCUT2D eigenvalue weighted by Crippen LogP contribution is -2.55. The fraction of sp³-hybridized carbons (Fsp3) is 0.385. The number of carbonyl (C=O) groups is 3. The number of likely N-dealkylation sites (tertiary alicyclic amines) is 1. The maximum atomic E-state index is 12.3. The van der Waals surface area contributed by atoms with Crippen molar-refractivity contribution >= 4 is 29.4 Å². The van der Waals surface area contributed by atoms with Gasteiger partial charge in [0.2, 0.25) is 0 Å². The van der Waals surface area contributed by atoms with Crippen LogP contribution >= 0.6 is 11.6 Å². The summed E-state index contributed by atoms with van der Waals surface area (Å²) in [6.45, 7) is 0.772. The normalized spacial score (nSPS) is 20.3. The average Bonchev–Trinajstić information content (AvgIpc) is 2.74. The minimum atomic E-state index is -0.874. The third kappa shape index (κ3) is 2.44. The lowest BCUT2D eigenvalue weighted by molar-refractivity contribution is -0.125. The summed E-state index contributed by atoms with van der Waals surface area (Å²) in [4.78, 5) is 41.0. The molecule has 2 aliphatic rings. The van der Waals surface area contributed by atoms with Gasteiger partial charge in [0.15, 0.2) is 0 Å². The van der Waals surface area contributed by atoms with Gasteiger partial charge in [0.05, 0.1) is 5.02 Å². The summed E-state index contributed by atoms with van der Waals surface area (Å²) in [5.41, 5.74) is -0.559. The van der Waals surface area contributed by atoms with Crippen LogP contribution in [0, 0.1) is 0 Å². The van der Waals surface area contributed by atoms with Crippen LogP contribution in [0.1, 0.15) is 23.3 Å². The van der Waals surface area contributed by atoms with Gasteiger partial charge in [0.1, 0.15) is 11.2 Å². The van der Waals surface area contributed by atoms with Gasteiger partial charge in [-0.15, -0.1) is 0 Å². The van der Waals surface area contributed by atoms with Crippen LogP contribution in [0.5, 0.6) is 0 Å². The van der Waals surface area contributed by atoms with E-state index in [2.05, 4.69) is 15.6 Å². The van der Waals surface area contributed by atoms with Gasteiger partial charge >= 0.3 is 6.03 Å². The summed E-state index contributed by atoms with van der Waals surface area (Å²) in [6, 6.07) is 2.70. The fourth-order valence-electron chi connectivity index (χ4n) is 2.64. The third-order valence-corrected chi connectivity index (χ3v) is 4.09. The number of hydrogen-bond acceptors (Lipinski definition) is 4. The highest BCUT2D eigenvalue weighted by atomic mass is 35.5. The summed E-state index contributed by atoms with van der Waals surface area (Å²) < 4.78 is 0. The minimum Gasteiger partial charge on any atom is -0.337 e. The first-order valence-electron chi connectivity index (χ1n) is 6.55. The fourth-order valence-corrected chi connectivity index (χ4v) is 2.75. The quantitative estimate of drug-likeness (QED) is 0.741.